The Labute approximate surface area is 186 Å². The summed E-state index contributed by atoms with van der Waals surface area (Å²) < 4.78 is 13.5. The largest absolute Gasteiger partial charge is 0.381 e. The van der Waals surface area contributed by atoms with Gasteiger partial charge in [0.2, 0.25) is 0 Å². The molecule has 0 fully saturated rings. The molecule has 0 amide bonds. The van der Waals surface area contributed by atoms with Crippen molar-refractivity contribution in [2.75, 3.05) is 26.7 Å². The summed E-state index contributed by atoms with van der Waals surface area (Å²) in [6.07, 6.45) is 3.10. The van der Waals surface area contributed by atoms with E-state index in [-0.39, 0.29) is 5.82 Å². The van der Waals surface area contributed by atoms with Gasteiger partial charge >= 0.3 is 0 Å². The van der Waals surface area contributed by atoms with E-state index < -0.39 is 0 Å². The van der Waals surface area contributed by atoms with E-state index in [1.807, 2.05) is 19.1 Å². The number of allylic oxidation sites excluding steroid dienone is 1. The molecule has 5 nitrogen and oxygen atoms in total. The molecule has 6 heteroatoms. The Balaban J connectivity index is 2.16. The minimum Gasteiger partial charge on any atom is -0.381 e. The van der Waals surface area contributed by atoms with E-state index in [0.29, 0.717) is 23.7 Å². The Kier molecular flexibility index (Phi) is 9.03. The summed E-state index contributed by atoms with van der Waals surface area (Å²) in [5.41, 5.74) is 4.04. The average Bonchev–Trinajstić information content (AvgIpc) is 3.18. The van der Waals surface area contributed by atoms with Crippen LogP contribution in [0.3, 0.4) is 0 Å². The van der Waals surface area contributed by atoms with Gasteiger partial charge in [0, 0.05) is 32.4 Å². The van der Waals surface area contributed by atoms with Gasteiger partial charge in [-0.05, 0) is 48.6 Å². The molecule has 0 unspecified atom stereocenters. The fourth-order valence-electron chi connectivity index (χ4n) is 3.22. The maximum absolute atomic E-state index is 13.5. The van der Waals surface area contributed by atoms with E-state index >= 15 is 0 Å². The first-order valence-electron chi connectivity index (χ1n) is 10.8. The van der Waals surface area contributed by atoms with Crippen LogP contribution in [0.4, 0.5) is 4.39 Å². The first kappa shape index (κ1) is 24.4. The quantitative estimate of drug-likeness (QED) is 0.328. The van der Waals surface area contributed by atoms with Crippen LogP contribution in [0, 0.1) is 18.7 Å². The highest BCUT2D eigenvalue weighted by atomic mass is 19.1. The number of aryl methyl sites for hydroxylation is 1. The van der Waals surface area contributed by atoms with Crippen LogP contribution in [-0.4, -0.2) is 43.3 Å². The van der Waals surface area contributed by atoms with Crippen molar-refractivity contribution in [3.63, 3.8) is 0 Å². The molecule has 1 heterocycles. The number of benzene rings is 1. The molecule has 1 aliphatic rings. The second-order valence-electron chi connectivity index (χ2n) is 8.02. The maximum Gasteiger partial charge on any atom is 0.145 e. The Morgan fingerprint density at radius 2 is 2.06 bits per heavy atom. The monoisotopic (exact) mass is 425 g/mol. The van der Waals surface area contributed by atoms with Gasteiger partial charge in [0.25, 0.3) is 0 Å². The summed E-state index contributed by atoms with van der Waals surface area (Å²) in [7, 11) is 1.79. The zero-order chi connectivity index (χ0) is 23.0. The molecular weight excluding hydrogens is 389 g/mol. The van der Waals surface area contributed by atoms with Gasteiger partial charge in [-0.1, -0.05) is 45.6 Å². The highest BCUT2D eigenvalue weighted by molar-refractivity contribution is 6.02. The molecule has 1 aliphatic heterocycles. The Morgan fingerprint density at radius 1 is 1.32 bits per heavy atom. The van der Waals surface area contributed by atoms with Crippen molar-refractivity contribution in [2.45, 2.75) is 40.7 Å². The summed E-state index contributed by atoms with van der Waals surface area (Å²) >= 11 is 0. The number of aliphatic imine (C=N–C) groups is 2. The van der Waals surface area contributed by atoms with Crippen LogP contribution in [0.25, 0.3) is 0 Å². The predicted octanol–water partition coefficient (Wildman–Crippen LogP) is 4.58. The molecule has 0 spiro atoms. The molecule has 0 aliphatic carbocycles. The van der Waals surface area contributed by atoms with Crippen LogP contribution in [0.1, 0.15) is 38.3 Å². The number of hydrogen-bond acceptors (Lipinski definition) is 4. The van der Waals surface area contributed by atoms with Gasteiger partial charge in [0.05, 0.1) is 12.2 Å². The molecular formula is C25H36FN5. The molecule has 31 heavy (non-hydrogen) atoms. The van der Waals surface area contributed by atoms with Crippen molar-refractivity contribution < 1.29 is 4.39 Å². The van der Waals surface area contributed by atoms with Crippen LogP contribution < -0.4 is 10.6 Å². The highest BCUT2D eigenvalue weighted by Gasteiger charge is 2.22. The zero-order valence-electron chi connectivity index (χ0n) is 19.6. The SMILES string of the molecule is C=C(/C=C(/C(=NC)NC[C@@H](C)CC)N1CCN=C1C)C(=C)NCc1ccc(F)c(C)c1. The van der Waals surface area contributed by atoms with Crippen LogP contribution in [0.2, 0.25) is 0 Å². The molecule has 0 saturated carbocycles. The first-order chi connectivity index (χ1) is 14.8. The van der Waals surface area contributed by atoms with Crippen molar-refractivity contribution in [3.05, 3.63) is 71.3 Å². The fourth-order valence-corrected chi connectivity index (χ4v) is 3.22. The van der Waals surface area contributed by atoms with E-state index in [0.717, 1.165) is 54.6 Å². The molecule has 2 rings (SSSR count). The third kappa shape index (κ3) is 6.81. The summed E-state index contributed by atoms with van der Waals surface area (Å²) in [5.74, 6) is 2.13. The van der Waals surface area contributed by atoms with Crippen LogP contribution in [0.15, 0.2) is 64.4 Å². The molecule has 0 aromatic heterocycles. The van der Waals surface area contributed by atoms with Gasteiger partial charge in [0.15, 0.2) is 0 Å². The Morgan fingerprint density at radius 3 is 2.65 bits per heavy atom. The molecule has 0 bridgehead atoms. The molecule has 0 radical (unpaired) electrons. The summed E-state index contributed by atoms with van der Waals surface area (Å²) in [6.45, 7) is 19.5. The van der Waals surface area contributed by atoms with Gasteiger partial charge in [0.1, 0.15) is 17.5 Å². The molecule has 1 atom stereocenters. The summed E-state index contributed by atoms with van der Waals surface area (Å²) in [4.78, 5) is 11.2. The van der Waals surface area contributed by atoms with Crippen molar-refractivity contribution in [1.29, 1.82) is 0 Å². The minimum atomic E-state index is -0.196. The van der Waals surface area contributed by atoms with Crippen molar-refractivity contribution >= 4 is 11.7 Å². The lowest BCUT2D eigenvalue weighted by molar-refractivity contribution is 0.538. The number of hydrogen-bond donors (Lipinski definition) is 2. The second kappa shape index (κ2) is 11.5. The molecule has 2 N–H and O–H groups in total. The first-order valence-corrected chi connectivity index (χ1v) is 10.8. The zero-order valence-corrected chi connectivity index (χ0v) is 19.6. The lowest BCUT2D eigenvalue weighted by Crippen LogP contribution is -2.38. The van der Waals surface area contributed by atoms with Gasteiger partial charge < -0.3 is 15.5 Å². The fraction of sp³-hybridized carbons (Fsp3) is 0.440. The lowest BCUT2D eigenvalue weighted by atomic mass is 10.1. The third-order valence-corrected chi connectivity index (χ3v) is 5.55. The number of amidine groups is 2. The summed E-state index contributed by atoms with van der Waals surface area (Å²) in [6, 6.07) is 5.10. The highest BCUT2D eigenvalue weighted by Crippen LogP contribution is 2.17. The van der Waals surface area contributed by atoms with E-state index in [9.17, 15) is 4.39 Å². The van der Waals surface area contributed by atoms with Crippen LogP contribution in [0.5, 0.6) is 0 Å². The van der Waals surface area contributed by atoms with Crippen LogP contribution >= 0.6 is 0 Å². The van der Waals surface area contributed by atoms with Crippen molar-refractivity contribution in [3.8, 4) is 0 Å². The molecule has 1 aromatic carbocycles. The second-order valence-corrected chi connectivity index (χ2v) is 8.02. The topological polar surface area (TPSA) is 52.0 Å². The molecule has 168 valence electrons. The van der Waals surface area contributed by atoms with Gasteiger partial charge in [-0.15, -0.1) is 0 Å². The molecule has 0 saturated heterocycles. The van der Waals surface area contributed by atoms with E-state index in [4.69, 9.17) is 0 Å². The average molecular weight is 426 g/mol. The predicted molar refractivity (Wildman–Crippen MR) is 130 cm³/mol. The lowest BCUT2D eigenvalue weighted by Gasteiger charge is -2.25. The van der Waals surface area contributed by atoms with Gasteiger partial charge in [-0.25, -0.2) is 4.39 Å². The smallest absolute Gasteiger partial charge is 0.145 e. The van der Waals surface area contributed by atoms with E-state index in [1.165, 1.54) is 6.07 Å². The normalized spacial score (nSPS) is 15.5. The minimum absolute atomic E-state index is 0.196. The summed E-state index contributed by atoms with van der Waals surface area (Å²) in [5, 5.41) is 6.79. The third-order valence-electron chi connectivity index (χ3n) is 5.55. The van der Waals surface area contributed by atoms with Crippen molar-refractivity contribution in [1.82, 2.24) is 15.5 Å². The Bertz CT molecular complexity index is 897. The number of rotatable bonds is 10. The van der Waals surface area contributed by atoms with E-state index in [1.54, 1.807) is 20.0 Å². The Hall–Kier alpha value is -2.89. The van der Waals surface area contributed by atoms with Crippen LogP contribution in [-0.2, 0) is 6.54 Å². The van der Waals surface area contributed by atoms with Gasteiger partial charge in [-0.3, -0.25) is 9.98 Å². The van der Waals surface area contributed by atoms with Crippen molar-refractivity contribution in [2.24, 2.45) is 15.9 Å². The van der Waals surface area contributed by atoms with E-state index in [2.05, 4.69) is 52.5 Å². The van der Waals surface area contributed by atoms with Gasteiger partial charge in [-0.2, -0.15) is 0 Å². The number of halogens is 1. The number of nitrogens with one attached hydrogen (secondary N) is 2. The molecule has 1 aromatic rings. The maximum atomic E-state index is 13.5. The standard InChI is InChI=1S/C25H36FN5/c1-8-17(2)15-30-25(27-7)24(31-12-11-28-21(31)6)14-18(3)20(5)29-16-22-9-10-23(26)19(4)13-22/h9-10,13-14,17,29H,3,5,8,11-12,15-16H2,1-2,4,6-7H3,(H,27,30)/b24-14-/t17-/m0/s1. The number of nitrogens with zero attached hydrogens (tertiary/aromatic N) is 3.